The lowest BCUT2D eigenvalue weighted by atomic mass is 10.2. The zero-order valence-electron chi connectivity index (χ0n) is 13.6. The third-order valence-electron chi connectivity index (χ3n) is 3.65. The largest absolute Gasteiger partial charge is 0.497 e. The van der Waals surface area contributed by atoms with Gasteiger partial charge < -0.3 is 4.74 Å². The minimum absolute atomic E-state index is 0.101. The monoisotopic (exact) mass is 350 g/mol. The quantitative estimate of drug-likeness (QED) is 0.590. The lowest BCUT2D eigenvalue weighted by Crippen LogP contribution is -2.26. The molecule has 0 saturated carbocycles. The van der Waals surface area contributed by atoms with Gasteiger partial charge in [0.05, 0.1) is 16.9 Å². The maximum absolute atomic E-state index is 12.6. The molecule has 0 amide bonds. The van der Waals surface area contributed by atoms with Crippen LogP contribution in [0.5, 0.6) is 5.75 Å². The van der Waals surface area contributed by atoms with Crippen LogP contribution in [-0.4, -0.2) is 31.8 Å². The molecule has 0 fully saturated rings. The van der Waals surface area contributed by atoms with Gasteiger partial charge in [0.15, 0.2) is 0 Å². The molecule has 0 N–H and O–H groups in total. The van der Waals surface area contributed by atoms with E-state index in [1.807, 2.05) is 0 Å². The minimum atomic E-state index is -3.83. The van der Waals surface area contributed by atoms with Crippen LogP contribution in [0, 0.1) is 17.0 Å². The summed E-state index contributed by atoms with van der Waals surface area (Å²) in [5, 5.41) is 11.0. The summed E-state index contributed by atoms with van der Waals surface area (Å²) in [6.45, 7) is 1.71. The summed E-state index contributed by atoms with van der Waals surface area (Å²) in [7, 11) is -0.841. The number of hydrogen-bond acceptors (Lipinski definition) is 5. The number of ether oxygens (including phenoxy) is 1. The van der Waals surface area contributed by atoms with Gasteiger partial charge in [0.2, 0.25) is 10.0 Å². The molecule has 0 unspecified atom stereocenters. The Kier molecular flexibility index (Phi) is 5.20. The molecule has 0 bridgehead atoms. The SMILES string of the molecule is COc1ccc(CN(C)S(=O)(=O)c2ccc(C)c([N+](=O)[O-])c2)cc1. The summed E-state index contributed by atoms with van der Waals surface area (Å²) in [6, 6.07) is 10.9. The number of benzene rings is 2. The highest BCUT2D eigenvalue weighted by Gasteiger charge is 2.24. The van der Waals surface area contributed by atoms with Crippen LogP contribution in [0.25, 0.3) is 0 Å². The van der Waals surface area contributed by atoms with E-state index in [4.69, 9.17) is 4.74 Å². The summed E-state index contributed by atoms with van der Waals surface area (Å²) < 4.78 is 31.5. The molecule has 24 heavy (non-hydrogen) atoms. The Balaban J connectivity index is 2.28. The smallest absolute Gasteiger partial charge is 0.273 e. The fourth-order valence-corrected chi connectivity index (χ4v) is 3.38. The molecule has 128 valence electrons. The van der Waals surface area contributed by atoms with Crippen LogP contribution < -0.4 is 4.74 Å². The predicted octanol–water partition coefficient (Wildman–Crippen LogP) is 2.73. The van der Waals surface area contributed by atoms with Crippen molar-refractivity contribution in [3.63, 3.8) is 0 Å². The fraction of sp³-hybridized carbons (Fsp3) is 0.250. The highest BCUT2D eigenvalue weighted by atomic mass is 32.2. The molecule has 0 aliphatic rings. The second-order valence-corrected chi connectivity index (χ2v) is 7.36. The number of nitrogens with zero attached hydrogens (tertiary/aromatic N) is 2. The highest BCUT2D eigenvalue weighted by Crippen LogP contribution is 2.25. The van der Waals surface area contributed by atoms with Crippen molar-refractivity contribution in [1.82, 2.24) is 4.31 Å². The molecule has 2 rings (SSSR count). The molecule has 0 heterocycles. The van der Waals surface area contributed by atoms with Crippen molar-refractivity contribution in [2.45, 2.75) is 18.4 Å². The summed E-state index contributed by atoms with van der Waals surface area (Å²) >= 11 is 0. The topological polar surface area (TPSA) is 89.8 Å². The molecule has 0 saturated heterocycles. The van der Waals surface area contributed by atoms with Gasteiger partial charge >= 0.3 is 0 Å². The van der Waals surface area contributed by atoms with Crippen LogP contribution in [0.1, 0.15) is 11.1 Å². The van der Waals surface area contributed by atoms with Crippen LogP contribution >= 0.6 is 0 Å². The van der Waals surface area contributed by atoms with Crippen molar-refractivity contribution in [3.05, 3.63) is 63.7 Å². The minimum Gasteiger partial charge on any atom is -0.497 e. The lowest BCUT2D eigenvalue weighted by molar-refractivity contribution is -0.385. The summed E-state index contributed by atoms with van der Waals surface area (Å²) in [5.74, 6) is 0.679. The molecule has 2 aromatic carbocycles. The second kappa shape index (κ2) is 6.98. The number of nitro groups is 1. The van der Waals surface area contributed by atoms with Crippen molar-refractivity contribution in [1.29, 1.82) is 0 Å². The average Bonchev–Trinajstić information content (AvgIpc) is 2.55. The Hall–Kier alpha value is -2.45. The van der Waals surface area contributed by atoms with Gasteiger partial charge in [-0.1, -0.05) is 18.2 Å². The number of hydrogen-bond donors (Lipinski definition) is 0. The van der Waals surface area contributed by atoms with Crippen LogP contribution in [-0.2, 0) is 16.6 Å². The van der Waals surface area contributed by atoms with Gasteiger partial charge in [0.25, 0.3) is 5.69 Å². The first-order valence-electron chi connectivity index (χ1n) is 7.10. The average molecular weight is 350 g/mol. The first kappa shape index (κ1) is 17.9. The maximum atomic E-state index is 12.6. The molecule has 0 spiro atoms. The van der Waals surface area contributed by atoms with Crippen LogP contribution in [0.15, 0.2) is 47.4 Å². The summed E-state index contributed by atoms with van der Waals surface area (Å²) in [5.41, 5.74) is 0.981. The van der Waals surface area contributed by atoms with E-state index in [1.54, 1.807) is 38.3 Å². The summed E-state index contributed by atoms with van der Waals surface area (Å²) in [6.07, 6.45) is 0. The Bertz CT molecular complexity index is 847. The second-order valence-electron chi connectivity index (χ2n) is 5.31. The molecule has 7 nitrogen and oxygen atoms in total. The van der Waals surface area contributed by atoms with Gasteiger partial charge in [0, 0.05) is 25.2 Å². The number of nitro benzene ring substituents is 1. The van der Waals surface area contributed by atoms with E-state index in [0.29, 0.717) is 11.3 Å². The Labute approximate surface area is 140 Å². The van der Waals surface area contributed by atoms with E-state index in [1.165, 1.54) is 19.2 Å². The molecule has 0 aliphatic carbocycles. The van der Waals surface area contributed by atoms with Crippen molar-refractivity contribution in [2.24, 2.45) is 0 Å². The van der Waals surface area contributed by atoms with Crippen LogP contribution in [0.4, 0.5) is 5.69 Å². The van der Waals surface area contributed by atoms with Crippen molar-refractivity contribution in [2.75, 3.05) is 14.2 Å². The first-order valence-corrected chi connectivity index (χ1v) is 8.54. The van der Waals surface area contributed by atoms with Gasteiger partial charge in [-0.25, -0.2) is 8.42 Å². The Morgan fingerprint density at radius 2 is 1.79 bits per heavy atom. The van der Waals surface area contributed by atoms with Gasteiger partial charge in [0.1, 0.15) is 5.75 Å². The normalized spacial score (nSPS) is 11.5. The van der Waals surface area contributed by atoms with Gasteiger partial charge in [-0.2, -0.15) is 4.31 Å². The molecule has 0 radical (unpaired) electrons. The Morgan fingerprint density at radius 3 is 2.33 bits per heavy atom. The Morgan fingerprint density at radius 1 is 1.17 bits per heavy atom. The van der Waals surface area contributed by atoms with Crippen LogP contribution in [0.3, 0.4) is 0 Å². The van der Waals surface area contributed by atoms with E-state index < -0.39 is 14.9 Å². The third kappa shape index (κ3) is 3.72. The zero-order chi connectivity index (χ0) is 17.9. The van der Waals surface area contributed by atoms with E-state index in [0.717, 1.165) is 15.9 Å². The van der Waals surface area contributed by atoms with Crippen molar-refractivity contribution < 1.29 is 18.1 Å². The summed E-state index contributed by atoms with van der Waals surface area (Å²) in [4.78, 5) is 10.3. The van der Waals surface area contributed by atoms with E-state index in [-0.39, 0.29) is 17.1 Å². The molecular formula is C16H18N2O5S. The number of methoxy groups -OCH3 is 1. The lowest BCUT2D eigenvalue weighted by Gasteiger charge is -2.17. The molecule has 8 heteroatoms. The fourth-order valence-electron chi connectivity index (χ4n) is 2.20. The molecule has 2 aromatic rings. The molecule has 0 aliphatic heterocycles. The standard InChI is InChI=1S/C16H18N2O5S/c1-12-4-9-15(10-16(12)18(19)20)24(21,22)17(2)11-13-5-7-14(23-3)8-6-13/h4-10H,11H2,1-3H3. The first-order chi connectivity index (χ1) is 11.3. The van der Waals surface area contributed by atoms with E-state index in [2.05, 4.69) is 0 Å². The van der Waals surface area contributed by atoms with E-state index >= 15 is 0 Å². The third-order valence-corrected chi connectivity index (χ3v) is 5.45. The number of aryl methyl sites for hydroxylation is 1. The van der Waals surface area contributed by atoms with Crippen LogP contribution in [0.2, 0.25) is 0 Å². The molecule has 0 atom stereocenters. The van der Waals surface area contributed by atoms with Crippen molar-refractivity contribution >= 4 is 15.7 Å². The molecule has 0 aromatic heterocycles. The van der Waals surface area contributed by atoms with Gasteiger partial charge in [-0.3, -0.25) is 10.1 Å². The van der Waals surface area contributed by atoms with Crippen molar-refractivity contribution in [3.8, 4) is 5.75 Å². The highest BCUT2D eigenvalue weighted by molar-refractivity contribution is 7.89. The zero-order valence-corrected chi connectivity index (χ0v) is 14.4. The predicted molar refractivity (Wildman–Crippen MR) is 89.5 cm³/mol. The molecular weight excluding hydrogens is 332 g/mol. The maximum Gasteiger partial charge on any atom is 0.273 e. The number of rotatable bonds is 6. The van der Waals surface area contributed by atoms with Gasteiger partial charge in [-0.05, 0) is 30.7 Å². The number of sulfonamides is 1. The van der Waals surface area contributed by atoms with E-state index in [9.17, 15) is 18.5 Å². The van der Waals surface area contributed by atoms with Gasteiger partial charge in [-0.15, -0.1) is 0 Å².